The van der Waals surface area contributed by atoms with E-state index < -0.39 is 59.6 Å². The predicted molar refractivity (Wildman–Crippen MR) is 167 cm³/mol. The number of aliphatic hydroxyl groups excluding tert-OH is 1. The Labute approximate surface area is 280 Å². The van der Waals surface area contributed by atoms with Gasteiger partial charge < -0.3 is 14.7 Å². The predicted octanol–water partition coefficient (Wildman–Crippen LogP) is 8.03. The first kappa shape index (κ1) is 35.1. The zero-order valence-corrected chi connectivity index (χ0v) is 26.9. The fourth-order valence-electron chi connectivity index (χ4n) is 7.83. The van der Waals surface area contributed by atoms with Gasteiger partial charge in [0.2, 0.25) is 0 Å². The van der Waals surface area contributed by atoms with E-state index in [1.54, 1.807) is 19.1 Å². The third-order valence-electron chi connectivity index (χ3n) is 10.0. The number of halogens is 7. The van der Waals surface area contributed by atoms with E-state index in [9.17, 15) is 40.6 Å². The van der Waals surface area contributed by atoms with Crippen LogP contribution in [0.4, 0.5) is 30.7 Å². The Bertz CT molecular complexity index is 1680. The highest BCUT2D eigenvalue weighted by Gasteiger charge is 2.52. The Morgan fingerprint density at radius 3 is 2.22 bits per heavy atom. The van der Waals surface area contributed by atoms with E-state index >= 15 is 0 Å². The van der Waals surface area contributed by atoms with Crippen LogP contribution in [-0.4, -0.2) is 52.7 Å². The largest absolute Gasteiger partial charge is 0.416 e. The molecule has 0 spiro atoms. The molecule has 2 fully saturated rings. The van der Waals surface area contributed by atoms with Gasteiger partial charge in [0.05, 0.1) is 29.9 Å². The molecule has 6 rings (SSSR count). The van der Waals surface area contributed by atoms with Gasteiger partial charge in [0.25, 0.3) is 0 Å². The van der Waals surface area contributed by atoms with E-state index in [1.165, 1.54) is 19.1 Å². The highest BCUT2D eigenvalue weighted by Crippen LogP contribution is 2.51. The molecule has 3 aromatic carbocycles. The van der Waals surface area contributed by atoms with Crippen LogP contribution in [0.25, 0.3) is 0 Å². The molecule has 12 heteroatoms. The minimum Gasteiger partial charge on any atom is -0.373 e. The molecule has 1 aliphatic carbocycles. The van der Waals surface area contributed by atoms with E-state index in [0.717, 1.165) is 5.56 Å². The molecule has 0 amide bonds. The fraction of sp³-hybridized carbons (Fsp3) is 0.432. The number of carbonyl (C=O) groups excluding carboxylic acids is 1. The third-order valence-corrected chi connectivity index (χ3v) is 10.0. The smallest absolute Gasteiger partial charge is 0.373 e. The molecule has 2 aliphatic heterocycles. The Hall–Kier alpha value is -3.74. The second kappa shape index (κ2) is 13.5. The first-order valence-electron chi connectivity index (χ1n) is 16.2. The molecule has 0 aromatic heterocycles. The summed E-state index contributed by atoms with van der Waals surface area (Å²) in [6.45, 7) is 4.75. The molecule has 1 unspecified atom stereocenters. The van der Waals surface area contributed by atoms with E-state index in [-0.39, 0.29) is 29.9 Å². The van der Waals surface area contributed by atoms with E-state index in [4.69, 9.17) is 4.74 Å². The van der Waals surface area contributed by atoms with Crippen LogP contribution in [0.2, 0.25) is 0 Å². The highest BCUT2D eigenvalue weighted by atomic mass is 19.4. The maximum atomic E-state index is 14.3. The quantitative estimate of drug-likeness (QED) is 0.255. The number of carbonyl (C=O) groups is 1. The fourth-order valence-corrected chi connectivity index (χ4v) is 7.83. The van der Waals surface area contributed by atoms with Crippen molar-refractivity contribution in [1.82, 2.24) is 9.80 Å². The molecule has 6 atom stereocenters. The van der Waals surface area contributed by atoms with Gasteiger partial charge in [-0.2, -0.15) is 26.3 Å². The lowest BCUT2D eigenvalue weighted by Gasteiger charge is -2.42. The van der Waals surface area contributed by atoms with Crippen molar-refractivity contribution in [1.29, 1.82) is 0 Å². The van der Waals surface area contributed by atoms with Crippen LogP contribution < -0.4 is 0 Å². The number of benzene rings is 3. The minimum absolute atomic E-state index is 0.0782. The third kappa shape index (κ3) is 7.56. The second-order valence-electron chi connectivity index (χ2n) is 13.4. The van der Waals surface area contributed by atoms with Gasteiger partial charge in [-0.05, 0) is 85.2 Å². The van der Waals surface area contributed by atoms with E-state index in [0.29, 0.717) is 61.4 Å². The Morgan fingerprint density at radius 2 is 1.59 bits per heavy atom. The zero-order chi connectivity index (χ0) is 35.2. The summed E-state index contributed by atoms with van der Waals surface area (Å²) in [7, 11) is 0. The molecule has 0 radical (unpaired) electrons. The molecule has 0 bridgehead atoms. The van der Waals surface area contributed by atoms with Crippen LogP contribution in [0.3, 0.4) is 0 Å². The average Bonchev–Trinajstić information content (AvgIpc) is 3.37. The van der Waals surface area contributed by atoms with Crippen LogP contribution in [0, 0.1) is 24.6 Å². The van der Waals surface area contributed by atoms with Gasteiger partial charge in [0.1, 0.15) is 12.0 Å². The van der Waals surface area contributed by atoms with Gasteiger partial charge >= 0.3 is 12.4 Å². The van der Waals surface area contributed by atoms with Crippen LogP contribution in [0.5, 0.6) is 0 Å². The first-order chi connectivity index (χ1) is 23.1. The maximum absolute atomic E-state index is 14.3. The maximum Gasteiger partial charge on any atom is 0.416 e. The number of ether oxygens (including phenoxy) is 1. The van der Waals surface area contributed by atoms with Crippen molar-refractivity contribution >= 4 is 5.78 Å². The highest BCUT2D eigenvalue weighted by molar-refractivity contribution is 5.92. The van der Waals surface area contributed by atoms with Gasteiger partial charge in [0, 0.05) is 43.2 Å². The Morgan fingerprint density at radius 1 is 0.918 bits per heavy atom. The van der Waals surface area contributed by atoms with Crippen LogP contribution in [0.1, 0.15) is 65.2 Å². The summed E-state index contributed by atoms with van der Waals surface area (Å²) in [6, 6.07) is 15.4. The van der Waals surface area contributed by atoms with Crippen molar-refractivity contribution in [3.05, 3.63) is 118 Å². The van der Waals surface area contributed by atoms with Crippen LogP contribution in [0.15, 0.2) is 78.5 Å². The number of nitrogens with zero attached hydrogens (tertiary/aromatic N) is 2. The molecule has 3 aromatic rings. The molecule has 1 N–H and O–H groups in total. The van der Waals surface area contributed by atoms with Gasteiger partial charge in [-0.25, -0.2) is 4.39 Å². The SMILES string of the molecule is Cc1cc(F)ccc1[C@H]1[C@@H]2C(O)N(C3=CC(=O)CN(Cc4ccccc4)C3)C[C@H]2CC[C@@H]1O[C@H](C)c1cc(C(F)(F)F)cc(C(F)(F)F)c1. The molecule has 2 heterocycles. The first-order valence-corrected chi connectivity index (χ1v) is 16.2. The summed E-state index contributed by atoms with van der Waals surface area (Å²) in [4.78, 5) is 16.7. The standard InChI is InChI=1S/C37H37F7N2O3/c1-21-12-28(38)9-10-31(21)34-32(49-22(2)25-13-26(36(39,40)41)15-27(14-25)37(42,43)44)11-8-24-18-46(35(48)33(24)34)29-16-30(47)20-45(19-29)17-23-6-4-3-5-7-23/h3-7,9-10,12-16,22,24,32-35,48H,8,11,17-20H2,1-2H3/t22-,24-,32+,33-,34-,35?/m1/s1. The summed E-state index contributed by atoms with van der Waals surface area (Å²) in [5, 5.41) is 12.0. The number of alkyl halides is 6. The number of rotatable bonds is 7. The summed E-state index contributed by atoms with van der Waals surface area (Å²) >= 11 is 0. The normalized spacial score (nSPS) is 25.7. The lowest BCUT2D eigenvalue weighted by Crippen LogP contribution is -2.44. The topological polar surface area (TPSA) is 53.0 Å². The lowest BCUT2D eigenvalue weighted by atomic mass is 9.68. The molecule has 1 saturated heterocycles. The zero-order valence-electron chi connectivity index (χ0n) is 26.9. The van der Waals surface area contributed by atoms with E-state index in [1.807, 2.05) is 40.1 Å². The number of hydrogen-bond donors (Lipinski definition) is 1. The molecule has 1 saturated carbocycles. The average molecular weight is 691 g/mol. The van der Waals surface area contributed by atoms with Crippen molar-refractivity contribution in [3.8, 4) is 0 Å². The molecular formula is C37H37F7N2O3. The summed E-state index contributed by atoms with van der Waals surface area (Å²) in [6.07, 6.45) is -10.5. The Balaban J connectivity index is 1.30. The minimum atomic E-state index is -5.01. The van der Waals surface area contributed by atoms with Crippen molar-refractivity contribution < 1.29 is 45.4 Å². The van der Waals surface area contributed by atoms with Crippen molar-refractivity contribution in [2.45, 2.75) is 69.9 Å². The number of fused-ring (bicyclic) bond motifs is 1. The number of ketones is 1. The van der Waals surface area contributed by atoms with Gasteiger partial charge in [0.15, 0.2) is 5.78 Å². The number of likely N-dealkylation sites (tertiary alicyclic amines) is 1. The number of hydrogen-bond acceptors (Lipinski definition) is 5. The van der Waals surface area contributed by atoms with Crippen LogP contribution in [-0.2, 0) is 28.4 Å². The number of aliphatic hydroxyl groups is 1. The summed E-state index contributed by atoms with van der Waals surface area (Å²) in [5.74, 6) is -1.70. The van der Waals surface area contributed by atoms with Crippen molar-refractivity contribution in [2.75, 3.05) is 19.6 Å². The Kier molecular flexibility index (Phi) is 9.69. The van der Waals surface area contributed by atoms with Gasteiger partial charge in [-0.3, -0.25) is 9.69 Å². The molecule has 3 aliphatic rings. The lowest BCUT2D eigenvalue weighted by molar-refractivity contribution is -0.143. The second-order valence-corrected chi connectivity index (χ2v) is 13.4. The van der Waals surface area contributed by atoms with Crippen molar-refractivity contribution in [3.63, 3.8) is 0 Å². The molecular weight excluding hydrogens is 653 g/mol. The molecule has 262 valence electrons. The van der Waals surface area contributed by atoms with Gasteiger partial charge in [-0.15, -0.1) is 0 Å². The van der Waals surface area contributed by atoms with Crippen molar-refractivity contribution in [2.24, 2.45) is 11.8 Å². The monoisotopic (exact) mass is 690 g/mol. The summed E-state index contributed by atoms with van der Waals surface area (Å²) < 4.78 is 103. The summed E-state index contributed by atoms with van der Waals surface area (Å²) in [5.41, 5.74) is -0.182. The van der Waals surface area contributed by atoms with Gasteiger partial charge in [-0.1, -0.05) is 36.4 Å². The molecule has 5 nitrogen and oxygen atoms in total. The van der Waals surface area contributed by atoms with Crippen LogP contribution >= 0.6 is 0 Å². The number of aryl methyl sites for hydroxylation is 1. The molecule has 49 heavy (non-hydrogen) atoms. The van der Waals surface area contributed by atoms with E-state index in [2.05, 4.69) is 0 Å².